The van der Waals surface area contributed by atoms with Crippen molar-refractivity contribution in [3.8, 4) is 0 Å². The molecule has 0 saturated heterocycles. The van der Waals surface area contributed by atoms with Crippen molar-refractivity contribution >= 4 is 18.3 Å². The SMILES string of the molecule is C=CCOC(=O)NCCCN(C[C@@H](O)CNC(=O)OC(C)(C)C)C(=O)OC(C)(C)C. The molecule has 0 radical (unpaired) electrons. The van der Waals surface area contributed by atoms with Crippen molar-refractivity contribution in [2.75, 3.05) is 32.8 Å². The van der Waals surface area contributed by atoms with Gasteiger partial charge in [0.2, 0.25) is 0 Å². The number of nitrogens with one attached hydrogen (secondary N) is 2. The molecule has 174 valence electrons. The molecule has 0 unspecified atom stereocenters. The number of amides is 3. The maximum atomic E-state index is 12.4. The van der Waals surface area contributed by atoms with E-state index in [1.54, 1.807) is 41.5 Å². The summed E-state index contributed by atoms with van der Waals surface area (Å²) in [7, 11) is 0. The summed E-state index contributed by atoms with van der Waals surface area (Å²) in [5.41, 5.74) is -1.36. The number of carbonyl (C=O) groups excluding carboxylic acids is 3. The predicted molar refractivity (Wildman–Crippen MR) is 112 cm³/mol. The number of alkyl carbamates (subject to hydrolysis) is 2. The third-order valence-corrected chi connectivity index (χ3v) is 3.17. The molecule has 3 N–H and O–H groups in total. The first-order chi connectivity index (χ1) is 13.7. The summed E-state index contributed by atoms with van der Waals surface area (Å²) in [5, 5.41) is 15.3. The molecule has 0 spiro atoms. The lowest BCUT2D eigenvalue weighted by Crippen LogP contribution is -2.46. The first-order valence-corrected chi connectivity index (χ1v) is 9.88. The van der Waals surface area contributed by atoms with Crippen molar-refractivity contribution in [3.05, 3.63) is 12.7 Å². The molecule has 1 atom stereocenters. The fraction of sp³-hybridized carbons (Fsp3) is 0.750. The number of hydrogen-bond acceptors (Lipinski definition) is 7. The highest BCUT2D eigenvalue weighted by Crippen LogP contribution is 2.11. The van der Waals surface area contributed by atoms with Gasteiger partial charge < -0.3 is 34.9 Å². The maximum absolute atomic E-state index is 12.4. The third kappa shape index (κ3) is 15.4. The summed E-state index contributed by atoms with van der Waals surface area (Å²) in [6.07, 6.45) is -1.01. The van der Waals surface area contributed by atoms with Gasteiger partial charge in [0.1, 0.15) is 17.8 Å². The van der Waals surface area contributed by atoms with E-state index < -0.39 is 35.6 Å². The normalized spacial score (nSPS) is 12.4. The summed E-state index contributed by atoms with van der Waals surface area (Å²) in [5.74, 6) is 0. The average molecular weight is 432 g/mol. The van der Waals surface area contributed by atoms with Crippen LogP contribution in [0.25, 0.3) is 0 Å². The second-order valence-corrected chi connectivity index (χ2v) is 8.63. The Morgan fingerprint density at radius 1 is 1.03 bits per heavy atom. The highest BCUT2D eigenvalue weighted by molar-refractivity contribution is 5.69. The number of nitrogens with zero attached hydrogens (tertiary/aromatic N) is 1. The zero-order valence-electron chi connectivity index (χ0n) is 18.9. The van der Waals surface area contributed by atoms with Crippen molar-refractivity contribution in [3.63, 3.8) is 0 Å². The smallest absolute Gasteiger partial charge is 0.410 e. The zero-order valence-corrected chi connectivity index (χ0v) is 18.9. The molecule has 0 bridgehead atoms. The molecule has 10 heteroatoms. The lowest BCUT2D eigenvalue weighted by atomic mass is 10.2. The first-order valence-electron chi connectivity index (χ1n) is 9.88. The molecule has 10 nitrogen and oxygen atoms in total. The van der Waals surface area contributed by atoms with Gasteiger partial charge in [0, 0.05) is 19.6 Å². The quantitative estimate of drug-likeness (QED) is 0.275. The number of carbonyl (C=O) groups is 3. The zero-order chi connectivity index (χ0) is 23.4. The number of hydrogen-bond donors (Lipinski definition) is 3. The Morgan fingerprint density at radius 2 is 1.63 bits per heavy atom. The monoisotopic (exact) mass is 431 g/mol. The van der Waals surface area contributed by atoms with E-state index in [1.807, 2.05) is 0 Å². The summed E-state index contributed by atoms with van der Waals surface area (Å²) in [6.45, 7) is 14.3. The van der Waals surface area contributed by atoms with Gasteiger partial charge in [-0.1, -0.05) is 12.7 Å². The molecule has 0 fully saturated rings. The Bertz CT molecular complexity index is 568. The molecule has 0 aliphatic rings. The Kier molecular flexibility index (Phi) is 11.9. The van der Waals surface area contributed by atoms with E-state index in [-0.39, 0.29) is 32.8 Å². The van der Waals surface area contributed by atoms with Crippen LogP contribution in [0.15, 0.2) is 12.7 Å². The molecular weight excluding hydrogens is 394 g/mol. The van der Waals surface area contributed by atoms with E-state index in [4.69, 9.17) is 14.2 Å². The van der Waals surface area contributed by atoms with Gasteiger partial charge in [0.05, 0.1) is 12.6 Å². The summed E-state index contributed by atoms with van der Waals surface area (Å²) < 4.78 is 15.3. The highest BCUT2D eigenvalue weighted by Gasteiger charge is 2.24. The predicted octanol–water partition coefficient (Wildman–Crippen LogP) is 2.41. The van der Waals surface area contributed by atoms with Crippen molar-refractivity contribution in [1.82, 2.24) is 15.5 Å². The Hall–Kier alpha value is -2.49. The fourth-order valence-electron chi connectivity index (χ4n) is 2.06. The highest BCUT2D eigenvalue weighted by atomic mass is 16.6. The Balaban J connectivity index is 4.65. The molecule has 30 heavy (non-hydrogen) atoms. The Labute approximate surface area is 178 Å². The molecule has 0 heterocycles. The molecule has 3 amide bonds. The minimum absolute atomic E-state index is 0.0639. The number of rotatable bonds is 10. The molecular formula is C20H37N3O7. The van der Waals surface area contributed by atoms with Crippen LogP contribution in [-0.2, 0) is 14.2 Å². The van der Waals surface area contributed by atoms with Gasteiger partial charge in [-0.3, -0.25) is 0 Å². The van der Waals surface area contributed by atoms with Crippen LogP contribution in [-0.4, -0.2) is 78.4 Å². The van der Waals surface area contributed by atoms with Gasteiger partial charge in [-0.2, -0.15) is 0 Å². The van der Waals surface area contributed by atoms with Crippen LogP contribution < -0.4 is 10.6 Å². The number of aliphatic hydroxyl groups excluding tert-OH is 1. The second-order valence-electron chi connectivity index (χ2n) is 8.63. The van der Waals surface area contributed by atoms with Crippen LogP contribution in [0.3, 0.4) is 0 Å². The molecule has 0 aromatic rings. The van der Waals surface area contributed by atoms with Crippen LogP contribution in [0.4, 0.5) is 14.4 Å². The number of ether oxygens (including phenoxy) is 3. The van der Waals surface area contributed by atoms with Crippen molar-refractivity contribution in [1.29, 1.82) is 0 Å². The Morgan fingerprint density at radius 3 is 2.17 bits per heavy atom. The molecule has 0 aliphatic carbocycles. The summed E-state index contributed by atoms with van der Waals surface area (Å²) in [4.78, 5) is 36.9. The lowest BCUT2D eigenvalue weighted by molar-refractivity contribution is 0.0138. The minimum Gasteiger partial charge on any atom is -0.445 e. The molecule has 0 aromatic carbocycles. The van der Waals surface area contributed by atoms with Crippen LogP contribution in [0.1, 0.15) is 48.0 Å². The molecule has 0 saturated carbocycles. The van der Waals surface area contributed by atoms with Crippen LogP contribution in [0, 0.1) is 0 Å². The second kappa shape index (κ2) is 12.9. The largest absolute Gasteiger partial charge is 0.445 e. The standard InChI is InChI=1S/C20H37N3O7/c1-8-12-28-16(25)21-10-9-11-23(18(27)30-20(5,6)7)14-15(24)13-22-17(26)29-19(2,3)4/h8,15,24H,1,9-14H2,2-7H3,(H,21,25)(H,22,26)/t15-/m0/s1. The number of aliphatic hydroxyl groups is 1. The van der Waals surface area contributed by atoms with Crippen LogP contribution >= 0.6 is 0 Å². The molecule has 0 aliphatic heterocycles. The van der Waals surface area contributed by atoms with Gasteiger partial charge in [0.25, 0.3) is 0 Å². The van der Waals surface area contributed by atoms with E-state index in [2.05, 4.69) is 17.2 Å². The van der Waals surface area contributed by atoms with E-state index in [0.717, 1.165) is 0 Å². The summed E-state index contributed by atoms with van der Waals surface area (Å²) >= 11 is 0. The lowest BCUT2D eigenvalue weighted by Gasteiger charge is -2.29. The molecule has 0 rings (SSSR count). The van der Waals surface area contributed by atoms with Gasteiger partial charge in [-0.05, 0) is 48.0 Å². The van der Waals surface area contributed by atoms with Crippen molar-refractivity contribution in [2.24, 2.45) is 0 Å². The first kappa shape index (κ1) is 27.5. The average Bonchev–Trinajstić information content (AvgIpc) is 2.57. The van der Waals surface area contributed by atoms with Crippen molar-refractivity contribution in [2.45, 2.75) is 65.3 Å². The van der Waals surface area contributed by atoms with Gasteiger partial charge in [0.15, 0.2) is 0 Å². The van der Waals surface area contributed by atoms with Crippen LogP contribution in [0.5, 0.6) is 0 Å². The third-order valence-electron chi connectivity index (χ3n) is 3.17. The van der Waals surface area contributed by atoms with Crippen LogP contribution in [0.2, 0.25) is 0 Å². The van der Waals surface area contributed by atoms with Crippen molar-refractivity contribution < 1.29 is 33.7 Å². The van der Waals surface area contributed by atoms with E-state index in [0.29, 0.717) is 6.42 Å². The van der Waals surface area contributed by atoms with E-state index in [9.17, 15) is 19.5 Å². The fourth-order valence-corrected chi connectivity index (χ4v) is 2.06. The maximum Gasteiger partial charge on any atom is 0.410 e. The van der Waals surface area contributed by atoms with E-state index >= 15 is 0 Å². The van der Waals surface area contributed by atoms with E-state index in [1.165, 1.54) is 11.0 Å². The van der Waals surface area contributed by atoms with Gasteiger partial charge in [-0.15, -0.1) is 0 Å². The van der Waals surface area contributed by atoms with Gasteiger partial charge in [-0.25, -0.2) is 14.4 Å². The summed E-state index contributed by atoms with van der Waals surface area (Å²) in [6, 6.07) is 0. The topological polar surface area (TPSA) is 126 Å². The molecule has 0 aromatic heterocycles. The minimum atomic E-state index is -1.03. The van der Waals surface area contributed by atoms with Gasteiger partial charge >= 0.3 is 18.3 Å².